The number of benzene rings is 1. The highest BCUT2D eigenvalue weighted by Gasteiger charge is 2.44. The van der Waals surface area contributed by atoms with Gasteiger partial charge < -0.3 is 5.32 Å². The van der Waals surface area contributed by atoms with Crippen molar-refractivity contribution in [3.8, 4) is 0 Å². The van der Waals surface area contributed by atoms with Gasteiger partial charge in [0, 0.05) is 24.4 Å². The Morgan fingerprint density at radius 2 is 1.91 bits per heavy atom. The zero-order chi connectivity index (χ0) is 15.7. The summed E-state index contributed by atoms with van der Waals surface area (Å²) < 4.78 is 0. The molecule has 0 spiro atoms. The number of nitrogens with one attached hydrogen (secondary N) is 1. The fraction of sp³-hybridized carbons (Fsp3) is 0.550. The van der Waals surface area contributed by atoms with Gasteiger partial charge in [-0.05, 0) is 48.3 Å². The van der Waals surface area contributed by atoms with Crippen molar-refractivity contribution < 1.29 is 4.79 Å². The molecular weight excluding hydrogens is 270 g/mol. The number of Topliss-reactive ketones (excluding diaryl/α,β-unsaturated/α-hetero) is 1. The van der Waals surface area contributed by atoms with Crippen LogP contribution in [0.25, 0.3) is 5.57 Å². The molecule has 2 fully saturated rings. The maximum atomic E-state index is 12.5. The molecule has 1 aromatic rings. The molecule has 3 rings (SSSR count). The van der Waals surface area contributed by atoms with Gasteiger partial charge in [-0.3, -0.25) is 4.79 Å². The molecule has 0 radical (unpaired) electrons. The van der Waals surface area contributed by atoms with E-state index in [1.165, 1.54) is 23.1 Å². The van der Waals surface area contributed by atoms with Crippen molar-refractivity contribution in [3.63, 3.8) is 0 Å². The van der Waals surface area contributed by atoms with Crippen LogP contribution in [0.1, 0.15) is 63.0 Å². The van der Waals surface area contributed by atoms with E-state index in [9.17, 15) is 4.79 Å². The van der Waals surface area contributed by atoms with E-state index in [4.69, 9.17) is 0 Å². The van der Waals surface area contributed by atoms with Gasteiger partial charge >= 0.3 is 0 Å². The number of carbonyl (C=O) groups is 1. The average Bonchev–Trinajstić information content (AvgIpc) is 2.94. The van der Waals surface area contributed by atoms with Crippen LogP contribution in [0.15, 0.2) is 30.8 Å². The molecule has 2 aliphatic rings. The molecule has 0 saturated carbocycles. The number of fused-ring (bicyclic) bond motifs is 2. The second-order valence-electron chi connectivity index (χ2n) is 6.81. The molecule has 1 aromatic carbocycles. The first-order chi connectivity index (χ1) is 10.6. The predicted molar refractivity (Wildman–Crippen MR) is 91.9 cm³/mol. The van der Waals surface area contributed by atoms with E-state index in [-0.39, 0.29) is 5.92 Å². The number of carbonyl (C=O) groups excluding carboxylic acids is 1. The van der Waals surface area contributed by atoms with Gasteiger partial charge in [0.05, 0.1) is 0 Å². The first-order valence-electron chi connectivity index (χ1n) is 8.70. The predicted octanol–water partition coefficient (Wildman–Crippen LogP) is 4.31. The second kappa shape index (κ2) is 6.37. The summed E-state index contributed by atoms with van der Waals surface area (Å²) in [5.41, 5.74) is 3.73. The Kier molecular flexibility index (Phi) is 4.49. The average molecular weight is 297 g/mol. The monoisotopic (exact) mass is 297 g/mol. The van der Waals surface area contributed by atoms with Gasteiger partial charge in [0.25, 0.3) is 0 Å². The van der Waals surface area contributed by atoms with E-state index < -0.39 is 0 Å². The number of hydrogen-bond donors (Lipinski definition) is 1. The fourth-order valence-corrected chi connectivity index (χ4v) is 4.25. The van der Waals surface area contributed by atoms with Crippen molar-refractivity contribution in [1.29, 1.82) is 0 Å². The molecule has 0 aromatic heterocycles. The number of hydrogen-bond acceptors (Lipinski definition) is 2. The van der Waals surface area contributed by atoms with Gasteiger partial charge in [0.2, 0.25) is 0 Å². The van der Waals surface area contributed by atoms with Gasteiger partial charge in [0.1, 0.15) is 5.78 Å². The molecule has 2 heterocycles. The molecule has 2 bridgehead atoms. The Balaban J connectivity index is 1.87. The van der Waals surface area contributed by atoms with Crippen molar-refractivity contribution >= 4 is 11.4 Å². The van der Waals surface area contributed by atoms with Gasteiger partial charge in [-0.2, -0.15) is 0 Å². The van der Waals surface area contributed by atoms with Crippen LogP contribution in [-0.4, -0.2) is 17.9 Å². The second-order valence-corrected chi connectivity index (χ2v) is 6.81. The highest BCUT2D eigenvalue weighted by molar-refractivity contribution is 5.83. The quantitative estimate of drug-likeness (QED) is 0.877. The van der Waals surface area contributed by atoms with Gasteiger partial charge in [0.15, 0.2) is 0 Å². The number of rotatable bonds is 5. The van der Waals surface area contributed by atoms with Crippen LogP contribution in [0.4, 0.5) is 0 Å². The molecule has 2 aliphatic heterocycles. The maximum Gasteiger partial charge on any atom is 0.137 e. The summed E-state index contributed by atoms with van der Waals surface area (Å²) in [7, 11) is 0. The van der Waals surface area contributed by atoms with E-state index in [1.54, 1.807) is 0 Å². The number of ketones is 1. The van der Waals surface area contributed by atoms with Crippen molar-refractivity contribution in [3.05, 3.63) is 42.0 Å². The molecule has 0 amide bonds. The van der Waals surface area contributed by atoms with Crippen LogP contribution >= 0.6 is 0 Å². The summed E-state index contributed by atoms with van der Waals surface area (Å²) in [5.74, 6) is 0.962. The summed E-state index contributed by atoms with van der Waals surface area (Å²) in [4.78, 5) is 12.5. The van der Waals surface area contributed by atoms with Gasteiger partial charge in [-0.25, -0.2) is 0 Å². The minimum atomic E-state index is 0.156. The summed E-state index contributed by atoms with van der Waals surface area (Å²) in [6, 6.07) is 9.79. The Labute approximate surface area is 134 Å². The standard InChI is InChI=1S/C20H27NO/c1-4-13(3)14-6-8-15(9-7-14)17-12-16-10-11-18(21-16)20(17)19(22)5-2/h6-9,16-18,20-21H,3-5,10-12H2,1-2H3/t16?,17-,18?,20+/m1/s1. The van der Waals surface area contributed by atoms with Crippen LogP contribution in [-0.2, 0) is 4.79 Å². The smallest absolute Gasteiger partial charge is 0.137 e. The molecule has 118 valence electrons. The third-order valence-corrected chi connectivity index (χ3v) is 5.58. The molecule has 2 heteroatoms. The van der Waals surface area contributed by atoms with Crippen LogP contribution in [0.3, 0.4) is 0 Å². The highest BCUT2D eigenvalue weighted by Crippen LogP contribution is 2.42. The lowest BCUT2D eigenvalue weighted by molar-refractivity contribution is -0.124. The SMILES string of the molecule is C=C(CC)c1ccc([C@H]2CC3CCC(N3)[C@H]2C(=O)CC)cc1. The molecule has 4 atom stereocenters. The molecule has 2 unspecified atom stereocenters. The van der Waals surface area contributed by atoms with E-state index >= 15 is 0 Å². The Hall–Kier alpha value is -1.41. The van der Waals surface area contributed by atoms with Crippen molar-refractivity contribution in [2.24, 2.45) is 5.92 Å². The number of allylic oxidation sites excluding steroid dienone is 1. The van der Waals surface area contributed by atoms with Crippen LogP contribution < -0.4 is 5.32 Å². The largest absolute Gasteiger partial charge is 0.310 e. The normalized spacial score (nSPS) is 30.3. The zero-order valence-electron chi connectivity index (χ0n) is 13.8. The molecule has 0 aliphatic carbocycles. The molecule has 1 N–H and O–H groups in total. The van der Waals surface area contributed by atoms with E-state index in [0.717, 1.165) is 19.3 Å². The van der Waals surface area contributed by atoms with Gasteiger partial charge in [-0.1, -0.05) is 44.7 Å². The molecular formula is C20H27NO. The lowest BCUT2D eigenvalue weighted by Gasteiger charge is -2.37. The summed E-state index contributed by atoms with van der Waals surface area (Å²) in [6.45, 7) is 8.24. The van der Waals surface area contributed by atoms with Crippen LogP contribution in [0, 0.1) is 5.92 Å². The van der Waals surface area contributed by atoms with Crippen molar-refractivity contribution in [2.75, 3.05) is 0 Å². The lowest BCUT2D eigenvalue weighted by Crippen LogP contribution is -2.47. The number of piperidine rings is 1. The van der Waals surface area contributed by atoms with Crippen molar-refractivity contribution in [2.45, 2.75) is 64.0 Å². The Morgan fingerprint density at radius 1 is 1.18 bits per heavy atom. The van der Waals surface area contributed by atoms with Crippen LogP contribution in [0.5, 0.6) is 0 Å². The van der Waals surface area contributed by atoms with Crippen molar-refractivity contribution in [1.82, 2.24) is 5.32 Å². The maximum absolute atomic E-state index is 12.5. The Bertz CT molecular complexity index is 560. The Morgan fingerprint density at radius 3 is 2.55 bits per heavy atom. The highest BCUT2D eigenvalue weighted by atomic mass is 16.1. The van der Waals surface area contributed by atoms with Gasteiger partial charge in [-0.15, -0.1) is 0 Å². The summed E-state index contributed by atoms with van der Waals surface area (Å²) >= 11 is 0. The zero-order valence-corrected chi connectivity index (χ0v) is 13.8. The topological polar surface area (TPSA) is 29.1 Å². The lowest BCUT2D eigenvalue weighted by atomic mass is 9.74. The first-order valence-corrected chi connectivity index (χ1v) is 8.70. The summed E-state index contributed by atoms with van der Waals surface area (Å²) in [5, 5.41) is 3.66. The third-order valence-electron chi connectivity index (χ3n) is 5.58. The molecule has 22 heavy (non-hydrogen) atoms. The first kappa shape index (κ1) is 15.5. The van der Waals surface area contributed by atoms with Crippen LogP contribution in [0.2, 0.25) is 0 Å². The molecule has 2 nitrogen and oxygen atoms in total. The summed E-state index contributed by atoms with van der Waals surface area (Å²) in [6.07, 6.45) is 5.10. The fourth-order valence-electron chi connectivity index (χ4n) is 4.25. The van der Waals surface area contributed by atoms with E-state index in [2.05, 4.69) is 43.1 Å². The molecule has 2 saturated heterocycles. The van der Waals surface area contributed by atoms with E-state index in [0.29, 0.717) is 30.2 Å². The minimum Gasteiger partial charge on any atom is -0.310 e. The minimum absolute atomic E-state index is 0.156. The third kappa shape index (κ3) is 2.77. The van der Waals surface area contributed by atoms with E-state index in [1.807, 2.05) is 6.92 Å².